The fourth-order valence-corrected chi connectivity index (χ4v) is 7.66. The quantitative estimate of drug-likeness (QED) is 0.704. The summed E-state index contributed by atoms with van der Waals surface area (Å²) in [6.07, 6.45) is 0.151. The van der Waals surface area contributed by atoms with Crippen molar-refractivity contribution in [1.29, 1.82) is 0 Å². The number of halogens is 2. The number of benzene rings is 2. The van der Waals surface area contributed by atoms with Crippen LogP contribution in [-0.2, 0) is 21.1 Å². The van der Waals surface area contributed by atoms with Crippen LogP contribution in [0.3, 0.4) is 0 Å². The van der Waals surface area contributed by atoms with Crippen molar-refractivity contribution in [3.8, 4) is 0 Å². The maximum absolute atomic E-state index is 12.5. The number of anilines is 1. The highest BCUT2D eigenvalue weighted by atomic mass is 35.5. The zero-order chi connectivity index (χ0) is 19.9. The van der Waals surface area contributed by atoms with Crippen LogP contribution in [0.25, 0.3) is 0 Å². The van der Waals surface area contributed by atoms with Crippen molar-refractivity contribution in [2.45, 2.75) is 17.7 Å². The smallest absolute Gasteiger partial charge is 0.252 e. The number of amides is 1. The van der Waals surface area contributed by atoms with E-state index in [0.29, 0.717) is 15.2 Å². The molecule has 0 bridgehead atoms. The third-order valence-corrected chi connectivity index (χ3v) is 8.34. The van der Waals surface area contributed by atoms with Gasteiger partial charge in [0.25, 0.3) is 5.91 Å². The van der Waals surface area contributed by atoms with Gasteiger partial charge in [-0.25, -0.2) is 8.42 Å². The summed E-state index contributed by atoms with van der Waals surface area (Å²) in [6, 6.07) is 13.9. The van der Waals surface area contributed by atoms with Crippen LogP contribution >= 0.6 is 35.0 Å². The third kappa shape index (κ3) is 4.22. The van der Waals surface area contributed by atoms with Crippen LogP contribution in [0.4, 0.5) is 5.69 Å². The van der Waals surface area contributed by atoms with Crippen molar-refractivity contribution in [2.24, 2.45) is 4.99 Å². The second-order valence-electron chi connectivity index (χ2n) is 6.74. The Hall–Kier alpha value is -1.54. The SMILES string of the molecule is O=C(Cc1ccc(Cl)cc1)N=C1S[C@@H]2CS(=O)(=O)C[C@H]2N1c1cccc(Cl)c1. The van der Waals surface area contributed by atoms with E-state index in [9.17, 15) is 13.2 Å². The molecule has 1 amide bonds. The minimum Gasteiger partial charge on any atom is -0.316 e. The Morgan fingerprint density at radius 1 is 1.11 bits per heavy atom. The van der Waals surface area contributed by atoms with Gasteiger partial charge in [0.15, 0.2) is 15.0 Å². The van der Waals surface area contributed by atoms with Crippen molar-refractivity contribution in [1.82, 2.24) is 0 Å². The van der Waals surface area contributed by atoms with Gasteiger partial charge in [-0.1, -0.05) is 53.2 Å². The molecule has 2 aliphatic rings. The molecule has 4 rings (SSSR count). The van der Waals surface area contributed by atoms with Crippen LogP contribution in [-0.4, -0.2) is 42.3 Å². The molecule has 0 radical (unpaired) electrons. The summed E-state index contributed by atoms with van der Waals surface area (Å²) in [6.45, 7) is 0. The second-order valence-corrected chi connectivity index (χ2v) is 11.0. The van der Waals surface area contributed by atoms with E-state index in [1.807, 2.05) is 11.0 Å². The van der Waals surface area contributed by atoms with E-state index < -0.39 is 9.84 Å². The lowest BCUT2D eigenvalue weighted by Crippen LogP contribution is -2.37. The van der Waals surface area contributed by atoms with Gasteiger partial charge in [-0.05, 0) is 35.9 Å². The highest BCUT2D eigenvalue weighted by molar-refractivity contribution is 8.16. The number of carbonyl (C=O) groups excluding carboxylic acids is 1. The van der Waals surface area contributed by atoms with Crippen LogP contribution in [0.1, 0.15) is 5.56 Å². The normalized spacial score (nSPS) is 24.5. The molecule has 2 saturated heterocycles. The molecule has 0 spiro atoms. The zero-order valence-electron chi connectivity index (χ0n) is 14.6. The van der Waals surface area contributed by atoms with Gasteiger partial charge in [0, 0.05) is 21.0 Å². The molecule has 0 aromatic heterocycles. The van der Waals surface area contributed by atoms with E-state index in [1.54, 1.807) is 42.5 Å². The van der Waals surface area contributed by atoms with Gasteiger partial charge < -0.3 is 4.90 Å². The first-order valence-corrected chi connectivity index (χ1v) is 12.0. The first-order valence-electron chi connectivity index (χ1n) is 8.58. The number of hydrogen-bond acceptors (Lipinski definition) is 4. The Labute approximate surface area is 177 Å². The number of rotatable bonds is 3. The topological polar surface area (TPSA) is 66.8 Å². The van der Waals surface area contributed by atoms with Crippen LogP contribution in [0.2, 0.25) is 10.0 Å². The first kappa shape index (κ1) is 19.8. The molecule has 0 aliphatic carbocycles. The molecule has 2 aliphatic heterocycles. The van der Waals surface area contributed by atoms with E-state index >= 15 is 0 Å². The summed E-state index contributed by atoms with van der Waals surface area (Å²) in [5, 5.41) is 1.52. The van der Waals surface area contributed by atoms with Crippen LogP contribution in [0, 0.1) is 0 Å². The van der Waals surface area contributed by atoms with E-state index in [-0.39, 0.29) is 35.1 Å². The predicted octanol–water partition coefficient (Wildman–Crippen LogP) is 3.84. The summed E-state index contributed by atoms with van der Waals surface area (Å²) in [7, 11) is -3.11. The van der Waals surface area contributed by atoms with E-state index in [1.165, 1.54) is 11.8 Å². The number of hydrogen-bond donors (Lipinski definition) is 0. The highest BCUT2D eigenvalue weighted by Crippen LogP contribution is 2.41. The number of sulfone groups is 1. The van der Waals surface area contributed by atoms with Crippen LogP contribution < -0.4 is 4.90 Å². The molecule has 2 fully saturated rings. The lowest BCUT2D eigenvalue weighted by atomic mass is 10.1. The predicted molar refractivity (Wildman–Crippen MR) is 115 cm³/mol. The number of carbonyl (C=O) groups is 1. The average Bonchev–Trinajstić information content (AvgIpc) is 3.07. The van der Waals surface area contributed by atoms with Crippen molar-refractivity contribution < 1.29 is 13.2 Å². The van der Waals surface area contributed by atoms with Crippen molar-refractivity contribution >= 4 is 61.6 Å². The number of fused-ring (bicyclic) bond motifs is 1. The van der Waals surface area contributed by atoms with Gasteiger partial charge in [0.05, 0.1) is 24.0 Å². The number of amidine groups is 1. The van der Waals surface area contributed by atoms with E-state index in [0.717, 1.165) is 11.3 Å². The second kappa shape index (κ2) is 7.71. The molecular formula is C19H16Cl2N2O3S2. The van der Waals surface area contributed by atoms with Crippen molar-refractivity contribution in [3.05, 3.63) is 64.1 Å². The summed E-state index contributed by atoms with van der Waals surface area (Å²) < 4.78 is 24.2. The Kier molecular flexibility index (Phi) is 5.44. The van der Waals surface area contributed by atoms with E-state index in [4.69, 9.17) is 23.2 Å². The molecule has 0 saturated carbocycles. The summed E-state index contributed by atoms with van der Waals surface area (Å²) in [5.41, 5.74) is 1.56. The number of aliphatic imine (C=N–C) groups is 1. The standard InChI is InChI=1S/C19H16Cl2N2O3S2/c20-13-6-4-12(5-7-13)8-18(24)22-19-23(15-3-1-2-14(21)9-15)16-10-28(25,26)11-17(16)27-19/h1-7,9,16-17H,8,10-11H2/t16-,17-/m1/s1. The molecule has 146 valence electrons. The van der Waals surface area contributed by atoms with Crippen molar-refractivity contribution in [2.75, 3.05) is 16.4 Å². The number of thioether (sulfide) groups is 1. The Balaban J connectivity index is 1.63. The molecule has 2 heterocycles. The minimum absolute atomic E-state index is 0.0432. The average molecular weight is 455 g/mol. The lowest BCUT2D eigenvalue weighted by Gasteiger charge is -2.24. The lowest BCUT2D eigenvalue weighted by molar-refractivity contribution is -0.117. The first-order chi connectivity index (χ1) is 13.3. The minimum atomic E-state index is -3.11. The molecule has 0 unspecified atom stereocenters. The van der Waals surface area contributed by atoms with Crippen molar-refractivity contribution in [3.63, 3.8) is 0 Å². The Morgan fingerprint density at radius 2 is 1.86 bits per heavy atom. The Bertz CT molecular complexity index is 1060. The monoisotopic (exact) mass is 454 g/mol. The largest absolute Gasteiger partial charge is 0.316 e. The number of nitrogens with zero attached hydrogens (tertiary/aromatic N) is 2. The molecular weight excluding hydrogens is 439 g/mol. The maximum Gasteiger partial charge on any atom is 0.252 e. The molecule has 5 nitrogen and oxygen atoms in total. The van der Waals surface area contributed by atoms with Gasteiger partial charge in [-0.2, -0.15) is 4.99 Å². The maximum atomic E-state index is 12.5. The molecule has 2 aromatic carbocycles. The molecule has 9 heteroatoms. The molecule has 0 N–H and O–H groups in total. The van der Waals surface area contributed by atoms with E-state index in [2.05, 4.69) is 4.99 Å². The molecule has 28 heavy (non-hydrogen) atoms. The fraction of sp³-hybridized carbons (Fsp3) is 0.263. The van der Waals surface area contributed by atoms with Crippen LogP contribution in [0.5, 0.6) is 0 Å². The zero-order valence-corrected chi connectivity index (χ0v) is 17.7. The van der Waals surface area contributed by atoms with Gasteiger partial charge in [0.2, 0.25) is 0 Å². The molecule has 2 atom stereocenters. The molecule has 2 aromatic rings. The highest BCUT2D eigenvalue weighted by Gasteiger charge is 2.49. The summed E-state index contributed by atoms with van der Waals surface area (Å²) in [5.74, 6) is -0.162. The van der Waals surface area contributed by atoms with Gasteiger partial charge >= 0.3 is 0 Å². The van der Waals surface area contributed by atoms with Gasteiger partial charge in [-0.3, -0.25) is 4.79 Å². The van der Waals surface area contributed by atoms with Gasteiger partial charge in [0.1, 0.15) is 0 Å². The fourth-order valence-electron chi connectivity index (χ4n) is 3.42. The Morgan fingerprint density at radius 3 is 2.57 bits per heavy atom. The summed E-state index contributed by atoms with van der Waals surface area (Å²) in [4.78, 5) is 18.7. The van der Waals surface area contributed by atoms with Crippen LogP contribution in [0.15, 0.2) is 53.5 Å². The summed E-state index contributed by atoms with van der Waals surface area (Å²) >= 11 is 13.4. The van der Waals surface area contributed by atoms with Gasteiger partial charge in [-0.15, -0.1) is 0 Å². The third-order valence-electron chi connectivity index (χ3n) is 4.64.